The van der Waals surface area contributed by atoms with Crippen LogP contribution < -0.4 is 5.32 Å². The van der Waals surface area contributed by atoms with Crippen LogP contribution in [0.3, 0.4) is 0 Å². The molecule has 0 bridgehead atoms. The zero-order chi connectivity index (χ0) is 12.1. The van der Waals surface area contributed by atoms with Gasteiger partial charge in [0, 0.05) is 4.47 Å². The number of amides is 1. The van der Waals surface area contributed by atoms with Gasteiger partial charge in [0.15, 0.2) is 0 Å². The predicted molar refractivity (Wildman–Crippen MR) is 62.7 cm³/mol. The van der Waals surface area contributed by atoms with Crippen molar-refractivity contribution in [3.63, 3.8) is 0 Å². The highest BCUT2D eigenvalue weighted by atomic mass is 79.9. The molecule has 0 fully saturated rings. The first kappa shape index (κ1) is 12.5. The van der Waals surface area contributed by atoms with Gasteiger partial charge in [-0.1, -0.05) is 11.6 Å². The Bertz CT molecular complexity index is 516. The Morgan fingerprint density at radius 1 is 1.50 bits per heavy atom. The minimum atomic E-state index is -0.475. The fourth-order valence-electron chi connectivity index (χ4n) is 1.01. The topological polar surface area (TPSA) is 76.7 Å². The van der Waals surface area contributed by atoms with Crippen molar-refractivity contribution in [3.8, 4) is 12.1 Å². The number of carbonyl (C=O) groups is 1. The van der Waals surface area contributed by atoms with E-state index in [4.69, 9.17) is 22.1 Å². The first-order valence-corrected chi connectivity index (χ1v) is 5.31. The van der Waals surface area contributed by atoms with Crippen molar-refractivity contribution in [2.45, 2.75) is 6.42 Å². The summed E-state index contributed by atoms with van der Waals surface area (Å²) in [6, 6.07) is 6.60. The third-order valence-electron chi connectivity index (χ3n) is 1.69. The van der Waals surface area contributed by atoms with Gasteiger partial charge in [-0.25, -0.2) is 0 Å². The van der Waals surface area contributed by atoms with Gasteiger partial charge in [-0.3, -0.25) is 4.79 Å². The summed E-state index contributed by atoms with van der Waals surface area (Å²) in [6.45, 7) is 0. The lowest BCUT2D eigenvalue weighted by Gasteiger charge is -2.06. The van der Waals surface area contributed by atoms with E-state index in [1.54, 1.807) is 6.07 Å². The lowest BCUT2D eigenvalue weighted by molar-refractivity contribution is -0.115. The fraction of sp³-hybridized carbons (Fsp3) is 0.100. The Hall–Kier alpha value is -1.56. The number of carbonyl (C=O) groups excluding carboxylic acids is 1. The van der Waals surface area contributed by atoms with Crippen molar-refractivity contribution in [2.75, 3.05) is 5.32 Å². The molecule has 0 aromatic heterocycles. The molecule has 1 aromatic carbocycles. The van der Waals surface area contributed by atoms with Crippen LogP contribution in [0.4, 0.5) is 5.69 Å². The largest absolute Gasteiger partial charge is 0.324 e. The molecule has 0 radical (unpaired) electrons. The molecule has 6 heteroatoms. The molecule has 0 aliphatic rings. The summed E-state index contributed by atoms with van der Waals surface area (Å²) < 4.78 is 0.573. The van der Waals surface area contributed by atoms with Gasteiger partial charge >= 0.3 is 0 Å². The summed E-state index contributed by atoms with van der Waals surface area (Å²) in [6.07, 6.45) is -0.265. The zero-order valence-corrected chi connectivity index (χ0v) is 10.3. The molecule has 0 atom stereocenters. The summed E-state index contributed by atoms with van der Waals surface area (Å²) in [7, 11) is 0. The van der Waals surface area contributed by atoms with Gasteiger partial charge in [-0.05, 0) is 28.1 Å². The van der Waals surface area contributed by atoms with Crippen LogP contribution >= 0.6 is 27.5 Å². The van der Waals surface area contributed by atoms with Crippen LogP contribution in [0.1, 0.15) is 12.0 Å². The summed E-state index contributed by atoms with van der Waals surface area (Å²) >= 11 is 9.00. The molecule has 1 rings (SSSR count). The maximum absolute atomic E-state index is 11.2. The van der Waals surface area contributed by atoms with Crippen LogP contribution in [-0.4, -0.2) is 5.91 Å². The van der Waals surface area contributed by atoms with E-state index in [0.29, 0.717) is 15.2 Å². The quantitative estimate of drug-likeness (QED) is 0.912. The van der Waals surface area contributed by atoms with E-state index in [2.05, 4.69) is 21.2 Å². The first-order valence-electron chi connectivity index (χ1n) is 4.14. The van der Waals surface area contributed by atoms with Crippen molar-refractivity contribution in [1.29, 1.82) is 10.5 Å². The number of hydrogen-bond donors (Lipinski definition) is 1. The summed E-state index contributed by atoms with van der Waals surface area (Å²) in [4.78, 5) is 11.2. The first-order chi connectivity index (χ1) is 7.58. The Morgan fingerprint density at radius 2 is 2.19 bits per heavy atom. The standard InChI is InChI=1S/C10H5BrClN3O/c11-7-3-6(5-14)9(4-8(7)12)15-10(16)1-2-13/h3-4H,1H2,(H,15,16). The molecule has 16 heavy (non-hydrogen) atoms. The van der Waals surface area contributed by atoms with Crippen LogP contribution in [0.25, 0.3) is 0 Å². The lowest BCUT2D eigenvalue weighted by atomic mass is 10.2. The summed E-state index contributed by atoms with van der Waals surface area (Å²) in [5.41, 5.74) is 0.582. The monoisotopic (exact) mass is 297 g/mol. The normalized spacial score (nSPS) is 9.00. The number of nitrogens with one attached hydrogen (secondary N) is 1. The summed E-state index contributed by atoms with van der Waals surface area (Å²) in [5.74, 6) is -0.475. The van der Waals surface area contributed by atoms with Gasteiger partial charge in [-0.2, -0.15) is 10.5 Å². The van der Waals surface area contributed by atoms with Gasteiger partial charge < -0.3 is 5.32 Å². The van der Waals surface area contributed by atoms with E-state index < -0.39 is 5.91 Å². The third-order valence-corrected chi connectivity index (χ3v) is 2.89. The lowest BCUT2D eigenvalue weighted by Crippen LogP contribution is -2.11. The predicted octanol–water partition coefficient (Wildman–Crippen LogP) is 2.83. The average molecular weight is 299 g/mol. The van der Waals surface area contributed by atoms with Crippen LogP contribution in [-0.2, 0) is 4.79 Å². The van der Waals surface area contributed by atoms with E-state index >= 15 is 0 Å². The Morgan fingerprint density at radius 3 is 2.75 bits per heavy atom. The molecule has 0 saturated carbocycles. The molecule has 0 saturated heterocycles. The second-order valence-corrected chi connectivity index (χ2v) is 4.07. The fourth-order valence-corrected chi connectivity index (χ4v) is 1.52. The second kappa shape index (κ2) is 5.50. The van der Waals surface area contributed by atoms with Gasteiger partial charge in [-0.15, -0.1) is 0 Å². The van der Waals surface area contributed by atoms with Gasteiger partial charge in [0.1, 0.15) is 12.5 Å². The number of nitriles is 2. The van der Waals surface area contributed by atoms with E-state index in [1.165, 1.54) is 12.1 Å². The number of rotatable bonds is 2. The summed E-state index contributed by atoms with van der Waals surface area (Å²) in [5, 5.41) is 20.0. The smallest absolute Gasteiger partial charge is 0.238 e. The van der Waals surface area contributed by atoms with Crippen molar-refractivity contribution in [3.05, 3.63) is 27.2 Å². The average Bonchev–Trinajstić information content (AvgIpc) is 2.23. The molecular weight excluding hydrogens is 293 g/mol. The Kier molecular flexibility index (Phi) is 4.30. The maximum Gasteiger partial charge on any atom is 0.238 e. The van der Waals surface area contributed by atoms with Crippen molar-refractivity contribution < 1.29 is 4.79 Å². The number of hydrogen-bond acceptors (Lipinski definition) is 3. The van der Waals surface area contributed by atoms with Crippen LogP contribution in [0.2, 0.25) is 5.02 Å². The SMILES string of the molecule is N#CCC(=O)Nc1cc(Cl)c(Br)cc1C#N. The third kappa shape index (κ3) is 2.96. The molecule has 1 amide bonds. The van der Waals surface area contributed by atoms with E-state index in [0.717, 1.165) is 0 Å². The molecule has 4 nitrogen and oxygen atoms in total. The molecule has 80 valence electrons. The Balaban J connectivity index is 3.05. The minimum absolute atomic E-state index is 0.265. The molecular formula is C10H5BrClN3O. The van der Waals surface area contributed by atoms with Gasteiger partial charge in [0.05, 0.1) is 22.3 Å². The maximum atomic E-state index is 11.2. The highest BCUT2D eigenvalue weighted by Gasteiger charge is 2.09. The highest BCUT2D eigenvalue weighted by Crippen LogP contribution is 2.29. The van der Waals surface area contributed by atoms with Gasteiger partial charge in [0.2, 0.25) is 5.91 Å². The second-order valence-electron chi connectivity index (χ2n) is 2.81. The molecule has 1 aromatic rings. The molecule has 0 unspecified atom stereocenters. The van der Waals surface area contributed by atoms with E-state index in [1.807, 2.05) is 6.07 Å². The molecule has 0 aliphatic carbocycles. The van der Waals surface area contributed by atoms with Crippen LogP contribution in [0.15, 0.2) is 16.6 Å². The highest BCUT2D eigenvalue weighted by molar-refractivity contribution is 9.10. The van der Waals surface area contributed by atoms with Gasteiger partial charge in [0.25, 0.3) is 0 Å². The number of anilines is 1. The van der Waals surface area contributed by atoms with Crippen molar-refractivity contribution in [2.24, 2.45) is 0 Å². The number of halogens is 2. The van der Waals surface area contributed by atoms with Crippen LogP contribution in [0.5, 0.6) is 0 Å². The van der Waals surface area contributed by atoms with E-state index in [9.17, 15) is 4.79 Å². The molecule has 0 spiro atoms. The molecule has 1 N–H and O–H groups in total. The minimum Gasteiger partial charge on any atom is -0.324 e. The van der Waals surface area contributed by atoms with E-state index in [-0.39, 0.29) is 12.0 Å². The van der Waals surface area contributed by atoms with Crippen molar-refractivity contribution >= 4 is 39.1 Å². The van der Waals surface area contributed by atoms with Crippen LogP contribution in [0, 0.1) is 22.7 Å². The number of benzene rings is 1. The molecule has 0 aliphatic heterocycles. The number of nitrogens with zero attached hydrogens (tertiary/aromatic N) is 2. The molecule has 0 heterocycles. The Labute approximate surface area is 106 Å². The zero-order valence-electron chi connectivity index (χ0n) is 7.92. The van der Waals surface area contributed by atoms with Crippen molar-refractivity contribution in [1.82, 2.24) is 0 Å².